The molecule has 2 aromatic heterocycles. The van der Waals surface area contributed by atoms with Crippen molar-refractivity contribution >= 4 is 28.9 Å². The molecule has 2 aromatic rings. The molecule has 0 saturated carbocycles. The van der Waals surface area contributed by atoms with Crippen molar-refractivity contribution in [1.29, 1.82) is 0 Å². The minimum absolute atomic E-state index is 0.124. The second-order valence-corrected chi connectivity index (χ2v) is 6.52. The number of hydrogen-bond acceptors (Lipinski definition) is 5. The maximum atomic E-state index is 12.7. The first-order valence-corrected chi connectivity index (χ1v) is 8.67. The largest absolute Gasteiger partial charge is 0.408 e. The summed E-state index contributed by atoms with van der Waals surface area (Å²) in [6.07, 6.45) is -1.97. The first kappa shape index (κ1) is 17.0. The Hall–Kier alpha value is -1.35. The van der Waals surface area contributed by atoms with Gasteiger partial charge in [-0.25, -0.2) is 9.67 Å². The highest BCUT2D eigenvalue weighted by atomic mass is 32.2. The maximum Gasteiger partial charge on any atom is 0.408 e. The number of carbonyl (C=O) groups is 1. The summed E-state index contributed by atoms with van der Waals surface area (Å²) < 4.78 is 38.9. The van der Waals surface area contributed by atoms with E-state index in [1.807, 2.05) is 6.26 Å². The van der Waals surface area contributed by atoms with Crippen LogP contribution in [-0.2, 0) is 13.0 Å². The molecule has 9 heteroatoms. The lowest BCUT2D eigenvalue weighted by atomic mass is 10.2. The van der Waals surface area contributed by atoms with E-state index in [9.17, 15) is 18.0 Å². The van der Waals surface area contributed by atoms with Gasteiger partial charge in [-0.05, 0) is 19.2 Å². The molecule has 0 aliphatic rings. The molecule has 0 radical (unpaired) electrons. The van der Waals surface area contributed by atoms with E-state index in [-0.39, 0.29) is 11.6 Å². The summed E-state index contributed by atoms with van der Waals surface area (Å²) in [5.41, 5.74) is 0.488. The van der Waals surface area contributed by atoms with Gasteiger partial charge in [-0.2, -0.15) is 30.0 Å². The lowest BCUT2D eigenvalue weighted by Crippen LogP contribution is -2.19. The number of thioether (sulfide) groups is 1. The topological polar surface area (TPSA) is 47.8 Å². The molecule has 0 fully saturated rings. The van der Waals surface area contributed by atoms with Crippen LogP contribution in [0, 0.1) is 0 Å². The van der Waals surface area contributed by atoms with E-state index in [0.29, 0.717) is 22.7 Å². The van der Waals surface area contributed by atoms with Gasteiger partial charge in [-0.1, -0.05) is 0 Å². The van der Waals surface area contributed by atoms with Crippen molar-refractivity contribution in [3.8, 4) is 11.4 Å². The lowest BCUT2D eigenvalue weighted by molar-refractivity contribution is -0.142. The Kier molecular flexibility index (Phi) is 5.28. The molecule has 22 heavy (non-hydrogen) atoms. The first-order valence-electron chi connectivity index (χ1n) is 6.39. The highest BCUT2D eigenvalue weighted by Crippen LogP contribution is 2.27. The van der Waals surface area contributed by atoms with Gasteiger partial charge in [-0.3, -0.25) is 4.79 Å². The third kappa shape index (κ3) is 4.33. The van der Waals surface area contributed by atoms with Crippen molar-refractivity contribution in [3.05, 3.63) is 22.1 Å². The van der Waals surface area contributed by atoms with E-state index < -0.39 is 12.7 Å². The van der Waals surface area contributed by atoms with E-state index in [4.69, 9.17) is 0 Å². The fourth-order valence-electron chi connectivity index (χ4n) is 1.82. The molecular weight excluding hydrogens is 335 g/mol. The van der Waals surface area contributed by atoms with Crippen LogP contribution in [0.4, 0.5) is 13.2 Å². The third-order valence-corrected chi connectivity index (χ3v) is 4.42. The fourth-order valence-corrected chi connectivity index (χ4v) is 3.00. The van der Waals surface area contributed by atoms with Crippen LogP contribution in [0.2, 0.25) is 0 Å². The summed E-state index contributed by atoms with van der Waals surface area (Å²) in [7, 11) is 0. The van der Waals surface area contributed by atoms with Crippen LogP contribution in [0.25, 0.3) is 11.4 Å². The Bertz CT molecular complexity index is 664. The van der Waals surface area contributed by atoms with Crippen LogP contribution in [0.5, 0.6) is 0 Å². The molecule has 4 nitrogen and oxygen atoms in total. The molecule has 0 aliphatic heterocycles. The van der Waals surface area contributed by atoms with Gasteiger partial charge in [0.1, 0.15) is 6.54 Å². The molecular formula is C13H14F3N3OS2. The summed E-state index contributed by atoms with van der Waals surface area (Å²) in [4.78, 5) is 16.0. The zero-order valence-electron chi connectivity index (χ0n) is 12.0. The second kappa shape index (κ2) is 6.82. The Labute approximate surface area is 133 Å². The van der Waals surface area contributed by atoms with E-state index >= 15 is 0 Å². The average Bonchev–Trinajstić information content (AvgIpc) is 3.01. The van der Waals surface area contributed by atoms with E-state index in [2.05, 4.69) is 10.1 Å². The molecule has 0 saturated heterocycles. The van der Waals surface area contributed by atoms with Crippen LogP contribution in [0.1, 0.15) is 22.4 Å². The normalized spacial score (nSPS) is 11.9. The lowest BCUT2D eigenvalue weighted by Gasteiger charge is -2.07. The minimum atomic E-state index is -4.38. The highest BCUT2D eigenvalue weighted by molar-refractivity contribution is 7.98. The van der Waals surface area contributed by atoms with E-state index in [0.717, 1.165) is 10.4 Å². The molecule has 2 heterocycles. The number of carbonyl (C=O) groups excluding carboxylic acids is 1. The van der Waals surface area contributed by atoms with Gasteiger partial charge in [0.05, 0.1) is 4.88 Å². The molecule has 0 N–H and O–H groups in total. The Morgan fingerprint density at radius 1 is 1.45 bits per heavy atom. The van der Waals surface area contributed by atoms with E-state index in [1.165, 1.54) is 18.3 Å². The molecule has 0 unspecified atom stereocenters. The monoisotopic (exact) mass is 349 g/mol. The zero-order valence-corrected chi connectivity index (χ0v) is 13.6. The zero-order chi connectivity index (χ0) is 16.3. The number of rotatable bonds is 6. The molecule has 0 atom stereocenters. The van der Waals surface area contributed by atoms with Gasteiger partial charge < -0.3 is 0 Å². The Morgan fingerprint density at radius 2 is 2.18 bits per heavy atom. The van der Waals surface area contributed by atoms with Crippen molar-refractivity contribution in [2.75, 3.05) is 12.0 Å². The molecule has 0 aliphatic carbocycles. The predicted octanol–water partition coefficient (Wildman–Crippen LogP) is 3.68. The van der Waals surface area contributed by atoms with Gasteiger partial charge in [0.15, 0.2) is 17.4 Å². The molecule has 0 spiro atoms. The number of hydrogen-bond donors (Lipinski definition) is 0. The molecule has 0 aromatic carbocycles. The highest BCUT2D eigenvalue weighted by Gasteiger charge is 2.30. The van der Waals surface area contributed by atoms with Gasteiger partial charge in [-0.15, -0.1) is 11.3 Å². The third-order valence-electron chi connectivity index (χ3n) is 2.78. The van der Waals surface area contributed by atoms with Gasteiger partial charge >= 0.3 is 6.18 Å². The van der Waals surface area contributed by atoms with Crippen LogP contribution in [0.15, 0.2) is 11.4 Å². The number of nitrogens with zero attached hydrogens (tertiary/aromatic N) is 3. The number of alkyl halides is 3. The Balaban J connectivity index is 2.37. The minimum Gasteiger partial charge on any atom is -0.294 e. The Morgan fingerprint density at radius 3 is 2.73 bits per heavy atom. The van der Waals surface area contributed by atoms with Crippen LogP contribution >= 0.6 is 23.1 Å². The summed E-state index contributed by atoms with van der Waals surface area (Å²) >= 11 is 2.76. The summed E-state index contributed by atoms with van der Waals surface area (Å²) in [5, 5.41) is 5.59. The van der Waals surface area contributed by atoms with Crippen molar-refractivity contribution < 1.29 is 18.0 Å². The smallest absolute Gasteiger partial charge is 0.294 e. The fraction of sp³-hybridized carbons (Fsp3) is 0.462. The number of Topliss-reactive ketones (excluding diaryl/α,β-unsaturated/α-hetero) is 1. The molecule has 0 bridgehead atoms. The SMILES string of the molecule is CSCCc1nc(-c2csc(C(C)=O)c2)n(CC(F)(F)F)n1. The number of aryl methyl sites for hydroxylation is 1. The van der Waals surface area contributed by atoms with Crippen LogP contribution < -0.4 is 0 Å². The predicted molar refractivity (Wildman–Crippen MR) is 81.5 cm³/mol. The first-order chi connectivity index (χ1) is 10.3. The van der Waals surface area contributed by atoms with Gasteiger partial charge in [0, 0.05) is 23.1 Å². The number of ketones is 1. The standard InChI is InChI=1S/C13H14F3N3OS2/c1-8(20)10-5-9(6-22-10)12-17-11(3-4-21-2)18-19(12)7-13(14,15)16/h5-6H,3-4,7H2,1-2H3. The second-order valence-electron chi connectivity index (χ2n) is 4.62. The number of aromatic nitrogens is 3. The molecule has 0 amide bonds. The molecule has 120 valence electrons. The van der Waals surface area contributed by atoms with Gasteiger partial charge in [0.25, 0.3) is 0 Å². The van der Waals surface area contributed by atoms with Crippen LogP contribution in [0.3, 0.4) is 0 Å². The quantitative estimate of drug-likeness (QED) is 0.747. The summed E-state index contributed by atoms with van der Waals surface area (Å²) in [6, 6.07) is 1.56. The number of thiophene rings is 1. The van der Waals surface area contributed by atoms with Gasteiger partial charge in [0.2, 0.25) is 0 Å². The maximum absolute atomic E-state index is 12.7. The molecule has 2 rings (SSSR count). The van der Waals surface area contributed by atoms with Crippen molar-refractivity contribution in [2.45, 2.75) is 26.1 Å². The van der Waals surface area contributed by atoms with Crippen molar-refractivity contribution in [2.24, 2.45) is 0 Å². The average molecular weight is 349 g/mol. The number of halogens is 3. The van der Waals surface area contributed by atoms with E-state index in [1.54, 1.807) is 23.2 Å². The van der Waals surface area contributed by atoms with Crippen LogP contribution in [-0.4, -0.2) is 38.7 Å². The summed E-state index contributed by atoms with van der Waals surface area (Å²) in [6.45, 7) is 0.222. The van der Waals surface area contributed by atoms with Crippen molar-refractivity contribution in [1.82, 2.24) is 14.8 Å². The van der Waals surface area contributed by atoms with Crippen molar-refractivity contribution in [3.63, 3.8) is 0 Å². The summed E-state index contributed by atoms with van der Waals surface area (Å²) in [5.74, 6) is 1.14.